The number of aliphatic hydroxyl groups excluding tert-OH is 3. The summed E-state index contributed by atoms with van der Waals surface area (Å²) in [5.41, 5.74) is -1.66. The Kier molecular flexibility index (Phi) is 9.11. The summed E-state index contributed by atoms with van der Waals surface area (Å²) in [6, 6.07) is 0.461. The van der Waals surface area contributed by atoms with Gasteiger partial charge in [0.15, 0.2) is 12.5 Å². The molecule has 3 rings (SSSR count). The molecule has 0 radical (unpaired) electrons. The van der Waals surface area contributed by atoms with Crippen molar-refractivity contribution >= 4 is 15.6 Å². The van der Waals surface area contributed by atoms with E-state index in [1.807, 2.05) is 4.98 Å². The third-order valence-electron chi connectivity index (χ3n) is 5.58. The van der Waals surface area contributed by atoms with Crippen LogP contribution in [0, 0.1) is 0 Å². The van der Waals surface area contributed by atoms with Gasteiger partial charge < -0.3 is 39.5 Å². The molecular formula is C17H29N3O14P2. The molecule has 1 aromatic heterocycles. The maximum atomic E-state index is 12.3. The van der Waals surface area contributed by atoms with Gasteiger partial charge in [-0.15, -0.1) is 0 Å². The monoisotopic (exact) mass is 561 g/mol. The van der Waals surface area contributed by atoms with Gasteiger partial charge in [0.05, 0.1) is 12.7 Å². The number of aromatic amines is 1. The first-order chi connectivity index (χ1) is 16.6. The van der Waals surface area contributed by atoms with E-state index in [2.05, 4.69) is 8.83 Å². The van der Waals surface area contributed by atoms with Crippen LogP contribution in [0.15, 0.2) is 21.9 Å². The predicted octanol–water partition coefficient (Wildman–Crippen LogP) is -2.17. The molecular weight excluding hydrogens is 532 g/mol. The van der Waals surface area contributed by atoms with Crippen molar-refractivity contribution < 1.29 is 57.1 Å². The fourth-order valence-corrected chi connectivity index (χ4v) is 5.98. The number of hydrogen-bond acceptors (Lipinski definition) is 13. The normalized spacial score (nSPS) is 36.5. The van der Waals surface area contributed by atoms with E-state index >= 15 is 0 Å². The van der Waals surface area contributed by atoms with Crippen LogP contribution in [0.3, 0.4) is 0 Å². The van der Waals surface area contributed by atoms with E-state index < -0.39 is 82.6 Å². The molecule has 206 valence electrons. The summed E-state index contributed by atoms with van der Waals surface area (Å²) in [7, 11) is -7.33. The van der Waals surface area contributed by atoms with Crippen LogP contribution in [-0.4, -0.2) is 103 Å². The second-order valence-electron chi connectivity index (χ2n) is 8.56. The maximum Gasteiger partial charge on any atom is 0.483 e. The molecule has 0 bridgehead atoms. The van der Waals surface area contributed by atoms with Gasteiger partial charge in [0.25, 0.3) is 5.56 Å². The van der Waals surface area contributed by atoms with Crippen LogP contribution in [0.1, 0.15) is 19.6 Å². The van der Waals surface area contributed by atoms with Crippen LogP contribution < -0.4 is 11.2 Å². The number of nitrogens with one attached hydrogen (secondary N) is 1. The summed E-state index contributed by atoms with van der Waals surface area (Å²) >= 11 is 0. The van der Waals surface area contributed by atoms with Crippen molar-refractivity contribution in [2.45, 2.75) is 62.4 Å². The van der Waals surface area contributed by atoms with Crippen LogP contribution >= 0.6 is 15.6 Å². The molecule has 0 aliphatic carbocycles. The number of likely N-dealkylation sites (N-methyl/N-ethyl adjacent to an activating group) is 1. The standard InChI is InChI=1S/C17H29N3O14P2/c1-8-6-9(19(2)3)12(22)16(31-8)33-36(28,29)34-35(26,27)30-7-10-13(23)14(24)15(32-10)20-5-4-11(21)18-17(20)25/h4-5,8-10,12-16,22-24H,6-7H2,1-3H3,(H,26,27)(H,28,29)(H,18,21,25)/t8?,9-,10+,12?,13-,14?,15+,16+/m0/s1. The molecule has 3 heterocycles. The van der Waals surface area contributed by atoms with E-state index in [1.165, 1.54) is 0 Å². The lowest BCUT2D eigenvalue weighted by Crippen LogP contribution is -2.53. The third-order valence-corrected chi connectivity index (χ3v) is 8.18. The van der Waals surface area contributed by atoms with E-state index in [-0.39, 0.29) is 0 Å². The van der Waals surface area contributed by atoms with Crippen molar-refractivity contribution in [2.24, 2.45) is 0 Å². The fourth-order valence-electron chi connectivity index (χ4n) is 3.83. The fraction of sp³-hybridized carbons (Fsp3) is 0.765. The van der Waals surface area contributed by atoms with Gasteiger partial charge in [-0.25, -0.2) is 13.9 Å². The summed E-state index contributed by atoms with van der Waals surface area (Å²) in [6.07, 6.45) is -8.55. The molecule has 0 saturated carbocycles. The van der Waals surface area contributed by atoms with Gasteiger partial charge in [0.1, 0.15) is 24.4 Å². The summed E-state index contributed by atoms with van der Waals surface area (Å²) in [4.78, 5) is 46.6. The zero-order valence-electron chi connectivity index (χ0n) is 19.4. The minimum atomic E-state index is -5.34. The molecule has 1 aromatic rings. The van der Waals surface area contributed by atoms with Crippen LogP contribution in [0.5, 0.6) is 0 Å². The first-order valence-electron chi connectivity index (χ1n) is 10.6. The first kappa shape index (κ1) is 29.3. The van der Waals surface area contributed by atoms with Gasteiger partial charge in [-0.3, -0.25) is 23.4 Å². The largest absolute Gasteiger partial charge is 0.483 e. The molecule has 0 amide bonds. The molecule has 2 saturated heterocycles. The van der Waals surface area contributed by atoms with E-state index in [0.29, 0.717) is 6.42 Å². The Bertz CT molecular complexity index is 1130. The topological polar surface area (TPSA) is 240 Å². The molecule has 10 atom stereocenters. The predicted molar refractivity (Wildman–Crippen MR) is 117 cm³/mol. The number of rotatable bonds is 9. The second-order valence-corrected chi connectivity index (χ2v) is 11.6. The average molecular weight is 561 g/mol. The number of phosphoric ester groups is 2. The Morgan fingerprint density at radius 1 is 1.11 bits per heavy atom. The quantitative estimate of drug-likeness (QED) is 0.176. The lowest BCUT2D eigenvalue weighted by atomic mass is 9.99. The van der Waals surface area contributed by atoms with Gasteiger partial charge in [-0.05, 0) is 27.4 Å². The van der Waals surface area contributed by atoms with Crippen molar-refractivity contribution in [3.63, 3.8) is 0 Å². The van der Waals surface area contributed by atoms with Gasteiger partial charge in [-0.2, -0.15) is 4.31 Å². The Morgan fingerprint density at radius 2 is 1.78 bits per heavy atom. The lowest BCUT2D eigenvalue weighted by Gasteiger charge is -2.40. The number of aromatic nitrogens is 2. The number of ether oxygens (including phenoxy) is 2. The van der Waals surface area contributed by atoms with Crippen molar-refractivity contribution in [3.8, 4) is 0 Å². The van der Waals surface area contributed by atoms with Crippen LogP contribution in [0.25, 0.3) is 0 Å². The molecule has 2 aliphatic rings. The average Bonchev–Trinajstić information content (AvgIpc) is 3.02. The Hall–Kier alpha value is -1.30. The van der Waals surface area contributed by atoms with Crippen LogP contribution in [0.4, 0.5) is 0 Å². The number of aliphatic hydroxyl groups is 3. The van der Waals surface area contributed by atoms with Crippen molar-refractivity contribution in [1.82, 2.24) is 14.5 Å². The summed E-state index contributed by atoms with van der Waals surface area (Å²) in [5, 5.41) is 30.7. The number of phosphoric acid groups is 2. The van der Waals surface area contributed by atoms with Gasteiger partial charge in [0.2, 0.25) is 0 Å². The van der Waals surface area contributed by atoms with Gasteiger partial charge in [-0.1, -0.05) is 0 Å². The zero-order chi connectivity index (χ0) is 27.0. The van der Waals surface area contributed by atoms with E-state index in [1.54, 1.807) is 25.9 Å². The molecule has 5 unspecified atom stereocenters. The molecule has 17 nitrogen and oxygen atoms in total. The zero-order valence-corrected chi connectivity index (χ0v) is 21.2. The minimum Gasteiger partial charge on any atom is -0.387 e. The molecule has 2 aliphatic heterocycles. The van der Waals surface area contributed by atoms with Gasteiger partial charge >= 0.3 is 21.3 Å². The molecule has 19 heteroatoms. The van der Waals surface area contributed by atoms with Crippen LogP contribution in [-0.2, 0) is 32.0 Å². The Balaban J connectivity index is 1.61. The summed E-state index contributed by atoms with van der Waals surface area (Å²) in [6.45, 7) is 0.709. The lowest BCUT2D eigenvalue weighted by molar-refractivity contribution is -0.222. The van der Waals surface area contributed by atoms with Gasteiger partial charge in [0, 0.05) is 18.3 Å². The highest BCUT2D eigenvalue weighted by Crippen LogP contribution is 2.61. The summed E-state index contributed by atoms with van der Waals surface area (Å²) < 4.78 is 49.7. The van der Waals surface area contributed by atoms with Crippen molar-refractivity contribution in [2.75, 3.05) is 20.7 Å². The Labute approximate surface area is 204 Å². The minimum absolute atomic E-state index is 0.383. The molecule has 36 heavy (non-hydrogen) atoms. The highest BCUT2D eigenvalue weighted by molar-refractivity contribution is 7.61. The highest BCUT2D eigenvalue weighted by Gasteiger charge is 2.47. The first-order valence-corrected chi connectivity index (χ1v) is 13.6. The maximum absolute atomic E-state index is 12.3. The van der Waals surface area contributed by atoms with Crippen molar-refractivity contribution in [3.05, 3.63) is 33.1 Å². The van der Waals surface area contributed by atoms with E-state index in [4.69, 9.17) is 14.0 Å². The van der Waals surface area contributed by atoms with Crippen molar-refractivity contribution in [1.29, 1.82) is 0 Å². The number of nitrogens with zero attached hydrogens (tertiary/aromatic N) is 2. The Morgan fingerprint density at radius 3 is 2.39 bits per heavy atom. The molecule has 0 spiro atoms. The van der Waals surface area contributed by atoms with Crippen LogP contribution in [0.2, 0.25) is 0 Å². The number of H-pyrrole nitrogens is 1. The molecule has 0 aromatic carbocycles. The second kappa shape index (κ2) is 11.2. The third kappa shape index (κ3) is 6.96. The smallest absolute Gasteiger partial charge is 0.387 e. The highest BCUT2D eigenvalue weighted by atomic mass is 31.3. The summed E-state index contributed by atoms with van der Waals surface area (Å²) in [5.74, 6) is 0. The van der Waals surface area contributed by atoms with E-state index in [0.717, 1.165) is 16.8 Å². The SMILES string of the molecule is CC1C[C@H](N(C)C)C(O)[C@@H](OP(=O)(O)OP(=O)(O)OC[C@H]2O[C@@H](n3ccc(=O)[nH]c3=O)C(O)[C@H]2O)O1. The molecule has 2 fully saturated rings. The van der Waals surface area contributed by atoms with E-state index in [9.17, 15) is 43.8 Å². The molecule has 6 N–H and O–H groups in total. The number of hydrogen-bond donors (Lipinski definition) is 6.